The third-order valence-corrected chi connectivity index (χ3v) is 5.49. The van der Waals surface area contributed by atoms with Crippen LogP contribution < -0.4 is 10.1 Å². The second-order valence-electron chi connectivity index (χ2n) is 7.02. The summed E-state index contributed by atoms with van der Waals surface area (Å²) in [5, 5.41) is 3.54. The number of aromatic nitrogens is 2. The van der Waals surface area contributed by atoms with Gasteiger partial charge in [-0.1, -0.05) is 6.07 Å². The summed E-state index contributed by atoms with van der Waals surface area (Å²) in [5.41, 5.74) is 6.92. The van der Waals surface area contributed by atoms with Crippen molar-refractivity contribution in [2.24, 2.45) is 0 Å². The van der Waals surface area contributed by atoms with Crippen LogP contribution in [0.5, 0.6) is 5.75 Å². The molecule has 0 radical (unpaired) electrons. The number of carbonyl (C=O) groups is 1. The third-order valence-electron chi connectivity index (χ3n) is 5.49. The van der Waals surface area contributed by atoms with Crippen molar-refractivity contribution in [3.05, 3.63) is 58.9 Å². The van der Waals surface area contributed by atoms with E-state index in [1.54, 1.807) is 13.4 Å². The molecule has 136 valence electrons. The monoisotopic (exact) mass is 360 g/mol. The predicted molar refractivity (Wildman–Crippen MR) is 105 cm³/mol. The molecular weight excluding hydrogens is 340 g/mol. The van der Waals surface area contributed by atoms with E-state index >= 15 is 0 Å². The highest BCUT2D eigenvalue weighted by atomic mass is 16.5. The highest BCUT2D eigenvalue weighted by Crippen LogP contribution is 2.41. The van der Waals surface area contributed by atoms with E-state index < -0.39 is 0 Å². The fourth-order valence-corrected chi connectivity index (χ4v) is 4.02. The first-order chi connectivity index (χ1) is 13.2. The average molecular weight is 360 g/mol. The third kappa shape index (κ3) is 2.40. The van der Waals surface area contributed by atoms with Crippen molar-refractivity contribution in [3.8, 4) is 5.75 Å². The quantitative estimate of drug-likeness (QED) is 0.733. The Labute approximate surface area is 156 Å². The summed E-state index contributed by atoms with van der Waals surface area (Å²) in [6.45, 7) is 2.79. The number of anilines is 1. The van der Waals surface area contributed by atoms with Crippen LogP contribution in [0.1, 0.15) is 27.9 Å². The molecule has 27 heavy (non-hydrogen) atoms. The molecule has 1 unspecified atom stereocenters. The summed E-state index contributed by atoms with van der Waals surface area (Å²) >= 11 is 0. The molecule has 2 N–H and O–H groups in total. The number of likely N-dealkylation sites (tertiary alicyclic amines) is 1. The molecule has 2 aliphatic heterocycles. The summed E-state index contributed by atoms with van der Waals surface area (Å²) < 4.78 is 5.53. The van der Waals surface area contributed by atoms with Gasteiger partial charge in [0, 0.05) is 17.7 Å². The lowest BCUT2D eigenvalue weighted by molar-refractivity contribution is 0.0760. The minimum atomic E-state index is -0.141. The van der Waals surface area contributed by atoms with Crippen molar-refractivity contribution in [2.45, 2.75) is 19.5 Å². The van der Waals surface area contributed by atoms with E-state index in [1.165, 1.54) is 11.1 Å². The summed E-state index contributed by atoms with van der Waals surface area (Å²) in [5.74, 6) is 0.812. The number of amides is 1. The number of nitrogens with one attached hydrogen (secondary N) is 2. The molecule has 1 amide bonds. The number of fused-ring (bicyclic) bond motifs is 3. The zero-order chi connectivity index (χ0) is 18.5. The molecule has 1 fully saturated rings. The Bertz CT molecular complexity index is 1100. The van der Waals surface area contributed by atoms with Gasteiger partial charge in [-0.15, -0.1) is 0 Å². The van der Waals surface area contributed by atoms with Gasteiger partial charge in [-0.2, -0.15) is 0 Å². The number of H-pyrrole nitrogens is 1. The molecule has 0 aliphatic carbocycles. The van der Waals surface area contributed by atoms with Gasteiger partial charge in [-0.3, -0.25) is 4.79 Å². The maximum absolute atomic E-state index is 13.2. The first-order valence-corrected chi connectivity index (χ1v) is 9.04. The zero-order valence-corrected chi connectivity index (χ0v) is 15.2. The standard InChI is InChI=1S/C21H20N4O2/c1-12-3-6-18(27-2)19-15(12)9-13-7-8-25(20(13)24-19)21(26)14-4-5-16-17(10-14)23-11-22-16/h3-6,9-11,20,24H,7-8H2,1-2H3,(H,22,23). The molecule has 6 heteroatoms. The minimum absolute atomic E-state index is 0.0162. The van der Waals surface area contributed by atoms with Crippen LogP contribution in [0.3, 0.4) is 0 Å². The van der Waals surface area contributed by atoms with E-state index in [0.717, 1.165) is 34.5 Å². The van der Waals surface area contributed by atoms with Crippen molar-refractivity contribution in [1.29, 1.82) is 0 Å². The van der Waals surface area contributed by atoms with Gasteiger partial charge in [0.25, 0.3) is 5.91 Å². The lowest BCUT2D eigenvalue weighted by Gasteiger charge is -2.32. The molecule has 3 heterocycles. The van der Waals surface area contributed by atoms with Crippen LogP contribution >= 0.6 is 0 Å². The van der Waals surface area contributed by atoms with E-state index in [9.17, 15) is 4.79 Å². The van der Waals surface area contributed by atoms with E-state index in [2.05, 4.69) is 34.4 Å². The summed E-state index contributed by atoms with van der Waals surface area (Å²) in [6.07, 6.45) is 4.58. The highest BCUT2D eigenvalue weighted by Gasteiger charge is 2.36. The fraction of sp³-hybridized carbons (Fsp3) is 0.238. The molecule has 2 aromatic carbocycles. The minimum Gasteiger partial charge on any atom is -0.495 e. The number of hydrogen-bond donors (Lipinski definition) is 2. The largest absolute Gasteiger partial charge is 0.495 e. The van der Waals surface area contributed by atoms with Crippen molar-refractivity contribution >= 4 is 28.7 Å². The molecule has 0 spiro atoms. The topological polar surface area (TPSA) is 70.2 Å². The number of benzene rings is 2. The van der Waals surface area contributed by atoms with Crippen LogP contribution in [0.2, 0.25) is 0 Å². The van der Waals surface area contributed by atoms with E-state index in [-0.39, 0.29) is 12.1 Å². The molecule has 1 atom stereocenters. The van der Waals surface area contributed by atoms with Crippen molar-refractivity contribution < 1.29 is 9.53 Å². The maximum Gasteiger partial charge on any atom is 0.255 e. The lowest BCUT2D eigenvalue weighted by atomic mass is 9.97. The van der Waals surface area contributed by atoms with E-state index in [0.29, 0.717) is 12.1 Å². The molecule has 2 aliphatic rings. The van der Waals surface area contributed by atoms with Crippen LogP contribution in [0.15, 0.2) is 42.2 Å². The van der Waals surface area contributed by atoms with Crippen molar-refractivity contribution in [1.82, 2.24) is 14.9 Å². The molecule has 1 aromatic heterocycles. The number of rotatable bonds is 2. The second-order valence-corrected chi connectivity index (χ2v) is 7.02. The van der Waals surface area contributed by atoms with Gasteiger partial charge in [0.1, 0.15) is 11.9 Å². The Kier molecular flexibility index (Phi) is 3.47. The van der Waals surface area contributed by atoms with Gasteiger partial charge in [0.2, 0.25) is 0 Å². The number of carbonyl (C=O) groups excluding carboxylic acids is 1. The Morgan fingerprint density at radius 1 is 1.30 bits per heavy atom. The van der Waals surface area contributed by atoms with Crippen LogP contribution in [-0.2, 0) is 0 Å². The first kappa shape index (κ1) is 15.9. The number of hydrogen-bond acceptors (Lipinski definition) is 4. The van der Waals surface area contributed by atoms with Crippen LogP contribution in [0, 0.1) is 6.92 Å². The Balaban J connectivity index is 1.51. The summed E-state index contributed by atoms with van der Waals surface area (Å²) in [6, 6.07) is 9.62. The predicted octanol–water partition coefficient (Wildman–Crippen LogP) is 3.56. The van der Waals surface area contributed by atoms with Gasteiger partial charge in [-0.25, -0.2) is 4.98 Å². The van der Waals surface area contributed by atoms with E-state index in [1.807, 2.05) is 29.2 Å². The highest BCUT2D eigenvalue weighted by molar-refractivity contribution is 5.98. The maximum atomic E-state index is 13.2. The lowest BCUT2D eigenvalue weighted by Crippen LogP contribution is -2.42. The average Bonchev–Trinajstić information content (AvgIpc) is 3.32. The number of methoxy groups -OCH3 is 1. The number of imidazole rings is 1. The summed E-state index contributed by atoms with van der Waals surface area (Å²) in [4.78, 5) is 22.4. The SMILES string of the molecule is COc1ccc(C)c2c1NC1C(=C2)CCN1C(=O)c1ccc2nc[nH]c2c1. The Morgan fingerprint density at radius 2 is 2.19 bits per heavy atom. The van der Waals surface area contributed by atoms with E-state index in [4.69, 9.17) is 4.74 Å². The smallest absolute Gasteiger partial charge is 0.255 e. The van der Waals surface area contributed by atoms with Crippen LogP contribution in [-0.4, -0.2) is 40.6 Å². The number of nitrogens with zero attached hydrogens (tertiary/aromatic N) is 2. The molecule has 0 saturated carbocycles. The molecule has 5 rings (SSSR count). The molecule has 6 nitrogen and oxygen atoms in total. The second kappa shape index (κ2) is 5.87. The summed E-state index contributed by atoms with van der Waals surface area (Å²) in [7, 11) is 1.67. The Morgan fingerprint density at radius 3 is 3.04 bits per heavy atom. The van der Waals surface area contributed by atoms with Crippen LogP contribution in [0.25, 0.3) is 17.1 Å². The van der Waals surface area contributed by atoms with Gasteiger partial charge in [0.15, 0.2) is 0 Å². The number of ether oxygens (including phenoxy) is 1. The van der Waals surface area contributed by atoms with Crippen LogP contribution in [0.4, 0.5) is 5.69 Å². The fourth-order valence-electron chi connectivity index (χ4n) is 4.02. The van der Waals surface area contributed by atoms with Gasteiger partial charge >= 0.3 is 0 Å². The van der Waals surface area contributed by atoms with Gasteiger partial charge in [0.05, 0.1) is 30.2 Å². The van der Waals surface area contributed by atoms with Crippen molar-refractivity contribution in [2.75, 3.05) is 19.0 Å². The molecule has 3 aromatic rings. The number of aromatic amines is 1. The normalized spacial score (nSPS) is 17.9. The van der Waals surface area contributed by atoms with Gasteiger partial charge in [-0.05, 0) is 54.8 Å². The molecule has 1 saturated heterocycles. The Hall–Kier alpha value is -3.28. The van der Waals surface area contributed by atoms with Crippen molar-refractivity contribution in [3.63, 3.8) is 0 Å². The molecule has 0 bridgehead atoms. The zero-order valence-electron chi connectivity index (χ0n) is 15.2. The molecular formula is C21H20N4O2. The first-order valence-electron chi connectivity index (χ1n) is 9.04. The number of aryl methyl sites for hydroxylation is 1. The van der Waals surface area contributed by atoms with Gasteiger partial charge < -0.3 is 19.9 Å².